The van der Waals surface area contributed by atoms with Crippen molar-refractivity contribution < 1.29 is 19.1 Å². The van der Waals surface area contributed by atoms with Crippen LogP contribution in [0.25, 0.3) is 0 Å². The number of rotatable bonds is 9. The minimum atomic E-state index is -0.423. The molecule has 0 bridgehead atoms. The maximum absolute atomic E-state index is 13.8. The average Bonchev–Trinajstić information content (AvgIpc) is 2.92. The van der Waals surface area contributed by atoms with Crippen LogP contribution in [0.1, 0.15) is 45.5 Å². The molecule has 0 aromatic heterocycles. The summed E-state index contributed by atoms with van der Waals surface area (Å²) >= 11 is 0. The number of carbonyl (C=O) groups excluding carboxylic acids is 3. The van der Waals surface area contributed by atoms with E-state index in [0.29, 0.717) is 37.4 Å². The lowest BCUT2D eigenvalue weighted by atomic mass is 9.68. The Kier molecular flexibility index (Phi) is 8.22. The Bertz CT molecular complexity index is 1070. The molecule has 35 heavy (non-hydrogen) atoms. The van der Waals surface area contributed by atoms with Crippen LogP contribution in [0.5, 0.6) is 0 Å². The average molecular weight is 470 g/mol. The van der Waals surface area contributed by atoms with Gasteiger partial charge in [-0.2, -0.15) is 0 Å². The van der Waals surface area contributed by atoms with E-state index in [1.807, 2.05) is 91.0 Å². The highest BCUT2D eigenvalue weighted by Gasteiger charge is 2.44. The van der Waals surface area contributed by atoms with E-state index in [0.717, 1.165) is 5.56 Å². The topological polar surface area (TPSA) is 63.7 Å². The summed E-state index contributed by atoms with van der Waals surface area (Å²) in [6.07, 6.45) is 0.225. The first-order valence-corrected chi connectivity index (χ1v) is 12.2. The van der Waals surface area contributed by atoms with Crippen molar-refractivity contribution in [2.45, 2.75) is 19.3 Å². The van der Waals surface area contributed by atoms with Gasteiger partial charge in [-0.05, 0) is 12.5 Å². The van der Waals surface area contributed by atoms with Crippen molar-refractivity contribution in [3.63, 3.8) is 0 Å². The molecule has 1 unspecified atom stereocenters. The Morgan fingerprint density at radius 3 is 1.66 bits per heavy atom. The third-order valence-corrected chi connectivity index (χ3v) is 6.69. The smallest absolute Gasteiger partial charge is 0.307 e. The zero-order chi connectivity index (χ0) is 24.6. The van der Waals surface area contributed by atoms with Crippen molar-refractivity contribution >= 4 is 17.5 Å². The number of hydrogen-bond acceptors (Lipinski definition) is 5. The van der Waals surface area contributed by atoms with E-state index in [4.69, 9.17) is 4.74 Å². The summed E-state index contributed by atoms with van der Waals surface area (Å²) in [5, 5.41) is 0. The summed E-state index contributed by atoms with van der Waals surface area (Å²) in [5.74, 6) is -1.34. The first-order valence-electron chi connectivity index (χ1n) is 12.2. The monoisotopic (exact) mass is 469 g/mol. The highest BCUT2D eigenvalue weighted by Crippen LogP contribution is 2.40. The standard InChI is InChI=1S/C30H31NO4/c1-2-35-27(32)18-19-31-20-25(29(33)23-14-8-4-9-15-23)28(22-12-6-3-7-13-22)26(21-31)30(34)24-16-10-5-11-17-24/h3-17,25-26,28H,2,18-21H2,1H3/t25-,26+,28?. The number of ketones is 2. The van der Waals surface area contributed by atoms with Gasteiger partial charge in [0.05, 0.1) is 13.0 Å². The van der Waals surface area contributed by atoms with Crippen LogP contribution in [0.2, 0.25) is 0 Å². The van der Waals surface area contributed by atoms with Gasteiger partial charge in [0, 0.05) is 48.5 Å². The van der Waals surface area contributed by atoms with Gasteiger partial charge in [-0.25, -0.2) is 0 Å². The number of esters is 1. The normalized spacial score (nSPS) is 20.2. The van der Waals surface area contributed by atoms with Crippen molar-refractivity contribution in [3.05, 3.63) is 108 Å². The molecular formula is C30H31NO4. The van der Waals surface area contributed by atoms with E-state index in [2.05, 4.69) is 4.90 Å². The minimum absolute atomic E-state index is 0.0196. The molecule has 1 aliphatic heterocycles. The SMILES string of the molecule is CCOC(=O)CCN1C[C@H](C(=O)c2ccccc2)C(c2ccccc2)[C@H](C(=O)c2ccccc2)C1. The quantitative estimate of drug-likeness (QED) is 0.325. The number of nitrogens with zero attached hydrogens (tertiary/aromatic N) is 1. The molecule has 4 rings (SSSR count). The van der Waals surface area contributed by atoms with Crippen LogP contribution >= 0.6 is 0 Å². The lowest BCUT2D eigenvalue weighted by molar-refractivity contribution is -0.143. The maximum atomic E-state index is 13.8. The predicted molar refractivity (Wildman–Crippen MR) is 135 cm³/mol. The molecule has 0 radical (unpaired) electrons. The first kappa shape index (κ1) is 24.6. The highest BCUT2D eigenvalue weighted by atomic mass is 16.5. The predicted octanol–water partition coefficient (Wildman–Crippen LogP) is 5.04. The van der Waals surface area contributed by atoms with Gasteiger partial charge < -0.3 is 9.64 Å². The molecule has 5 heteroatoms. The van der Waals surface area contributed by atoms with E-state index >= 15 is 0 Å². The minimum Gasteiger partial charge on any atom is -0.466 e. The van der Waals surface area contributed by atoms with Crippen LogP contribution in [0.4, 0.5) is 0 Å². The summed E-state index contributed by atoms with van der Waals surface area (Å²) in [6, 6.07) is 28.4. The van der Waals surface area contributed by atoms with Crippen molar-refractivity contribution in [3.8, 4) is 0 Å². The molecule has 0 amide bonds. The number of piperidine rings is 1. The Morgan fingerprint density at radius 1 is 0.743 bits per heavy atom. The molecule has 3 aromatic carbocycles. The van der Waals surface area contributed by atoms with E-state index in [9.17, 15) is 14.4 Å². The zero-order valence-electron chi connectivity index (χ0n) is 20.0. The lowest BCUT2D eigenvalue weighted by Crippen LogP contribution is -2.50. The van der Waals surface area contributed by atoms with Gasteiger partial charge in [-0.3, -0.25) is 14.4 Å². The van der Waals surface area contributed by atoms with Crippen molar-refractivity contribution in [2.24, 2.45) is 11.8 Å². The molecule has 1 aliphatic rings. The number of likely N-dealkylation sites (tertiary alicyclic amines) is 1. The number of Topliss-reactive ketones (excluding diaryl/α,β-unsaturated/α-hetero) is 2. The Labute approximate surface area is 206 Å². The van der Waals surface area contributed by atoms with Gasteiger partial charge >= 0.3 is 5.97 Å². The van der Waals surface area contributed by atoms with Crippen molar-refractivity contribution in [2.75, 3.05) is 26.2 Å². The van der Waals surface area contributed by atoms with Gasteiger partial charge in [0.25, 0.3) is 0 Å². The van der Waals surface area contributed by atoms with Crippen LogP contribution in [0, 0.1) is 11.8 Å². The summed E-state index contributed by atoms with van der Waals surface area (Å²) in [5.41, 5.74) is 2.26. The summed E-state index contributed by atoms with van der Waals surface area (Å²) in [6.45, 7) is 3.51. The maximum Gasteiger partial charge on any atom is 0.307 e. The van der Waals surface area contributed by atoms with Gasteiger partial charge in [0.1, 0.15) is 0 Å². The molecular weight excluding hydrogens is 438 g/mol. The van der Waals surface area contributed by atoms with Crippen LogP contribution in [0.15, 0.2) is 91.0 Å². The fourth-order valence-corrected chi connectivity index (χ4v) is 5.07. The lowest BCUT2D eigenvalue weighted by Gasteiger charge is -2.43. The van der Waals surface area contributed by atoms with Crippen LogP contribution in [0.3, 0.4) is 0 Å². The molecule has 0 N–H and O–H groups in total. The summed E-state index contributed by atoms with van der Waals surface area (Å²) < 4.78 is 5.11. The summed E-state index contributed by atoms with van der Waals surface area (Å²) in [4.78, 5) is 41.8. The van der Waals surface area contributed by atoms with Crippen molar-refractivity contribution in [1.29, 1.82) is 0 Å². The molecule has 0 aliphatic carbocycles. The highest BCUT2D eigenvalue weighted by molar-refractivity contribution is 6.02. The van der Waals surface area contributed by atoms with E-state index in [-0.39, 0.29) is 29.9 Å². The molecule has 1 fully saturated rings. The number of ether oxygens (including phenoxy) is 1. The fraction of sp³-hybridized carbons (Fsp3) is 0.300. The van der Waals surface area contributed by atoms with Gasteiger partial charge in [0.2, 0.25) is 0 Å². The fourth-order valence-electron chi connectivity index (χ4n) is 5.07. The van der Waals surface area contributed by atoms with Crippen molar-refractivity contribution in [1.82, 2.24) is 4.90 Å². The van der Waals surface area contributed by atoms with Crippen LogP contribution < -0.4 is 0 Å². The van der Waals surface area contributed by atoms with Gasteiger partial charge in [-0.15, -0.1) is 0 Å². The van der Waals surface area contributed by atoms with E-state index in [1.54, 1.807) is 6.92 Å². The van der Waals surface area contributed by atoms with E-state index < -0.39 is 11.8 Å². The molecule has 0 saturated carbocycles. The molecule has 5 nitrogen and oxygen atoms in total. The molecule has 3 aromatic rings. The molecule has 1 heterocycles. The largest absolute Gasteiger partial charge is 0.466 e. The second-order valence-corrected chi connectivity index (χ2v) is 8.92. The Hall–Kier alpha value is -3.57. The van der Waals surface area contributed by atoms with Crippen LogP contribution in [-0.4, -0.2) is 48.7 Å². The number of hydrogen-bond donors (Lipinski definition) is 0. The van der Waals surface area contributed by atoms with Gasteiger partial charge in [-0.1, -0.05) is 91.0 Å². The number of benzene rings is 3. The van der Waals surface area contributed by atoms with Crippen LogP contribution in [-0.2, 0) is 9.53 Å². The Balaban J connectivity index is 1.73. The molecule has 1 saturated heterocycles. The number of carbonyl (C=O) groups is 3. The summed E-state index contributed by atoms with van der Waals surface area (Å²) in [7, 11) is 0. The second-order valence-electron chi connectivity index (χ2n) is 8.92. The van der Waals surface area contributed by atoms with Gasteiger partial charge in [0.15, 0.2) is 11.6 Å². The Morgan fingerprint density at radius 2 is 1.20 bits per heavy atom. The molecule has 3 atom stereocenters. The molecule has 0 spiro atoms. The third-order valence-electron chi connectivity index (χ3n) is 6.69. The van der Waals surface area contributed by atoms with E-state index in [1.165, 1.54) is 0 Å². The first-order chi connectivity index (χ1) is 17.1. The second kappa shape index (κ2) is 11.7. The molecule has 180 valence electrons. The zero-order valence-corrected chi connectivity index (χ0v) is 20.0. The third kappa shape index (κ3) is 5.92.